The molecule has 0 bridgehead atoms. The molecule has 3 nitrogen and oxygen atoms in total. The van der Waals surface area contributed by atoms with Crippen LogP contribution in [0.3, 0.4) is 0 Å². The SMILES string of the molecule is CCCSc1nc2sc3c(c2c(=O)n1C1CCCC1)CCC3. The summed E-state index contributed by atoms with van der Waals surface area (Å²) in [4.78, 5) is 20.6. The van der Waals surface area contributed by atoms with E-state index in [4.69, 9.17) is 4.98 Å². The van der Waals surface area contributed by atoms with Gasteiger partial charge >= 0.3 is 0 Å². The van der Waals surface area contributed by atoms with Gasteiger partial charge in [0.2, 0.25) is 0 Å². The third-order valence-electron chi connectivity index (χ3n) is 4.86. The fourth-order valence-corrected chi connectivity index (χ4v) is 6.04. The van der Waals surface area contributed by atoms with Gasteiger partial charge in [0.25, 0.3) is 5.56 Å². The van der Waals surface area contributed by atoms with Crippen molar-refractivity contribution >= 4 is 33.3 Å². The van der Waals surface area contributed by atoms with E-state index < -0.39 is 0 Å². The van der Waals surface area contributed by atoms with Crippen molar-refractivity contribution in [2.45, 2.75) is 69.5 Å². The molecule has 0 saturated heterocycles. The number of hydrogen-bond donors (Lipinski definition) is 0. The summed E-state index contributed by atoms with van der Waals surface area (Å²) in [5, 5.41) is 1.91. The molecule has 118 valence electrons. The van der Waals surface area contributed by atoms with Gasteiger partial charge in [-0.3, -0.25) is 9.36 Å². The fourth-order valence-electron chi connectivity index (χ4n) is 3.82. The van der Waals surface area contributed by atoms with Gasteiger partial charge in [-0.25, -0.2) is 4.98 Å². The van der Waals surface area contributed by atoms with Crippen molar-refractivity contribution in [3.8, 4) is 0 Å². The number of thioether (sulfide) groups is 1. The largest absolute Gasteiger partial charge is 0.284 e. The molecular weight excluding hydrogens is 312 g/mol. The van der Waals surface area contributed by atoms with E-state index in [9.17, 15) is 4.79 Å². The average Bonchev–Trinajstić information content (AvgIpc) is 3.20. The second-order valence-electron chi connectivity index (χ2n) is 6.39. The predicted molar refractivity (Wildman–Crippen MR) is 94.4 cm³/mol. The average molecular weight is 335 g/mol. The number of nitrogens with zero attached hydrogens (tertiary/aromatic N) is 2. The molecule has 0 unspecified atom stereocenters. The van der Waals surface area contributed by atoms with Crippen LogP contribution in [0.1, 0.15) is 61.9 Å². The Morgan fingerprint density at radius 1 is 1.27 bits per heavy atom. The maximum Gasteiger partial charge on any atom is 0.263 e. The number of fused-ring (bicyclic) bond motifs is 3. The van der Waals surface area contributed by atoms with Crippen molar-refractivity contribution in [3.05, 3.63) is 20.8 Å². The van der Waals surface area contributed by atoms with Crippen molar-refractivity contribution in [3.63, 3.8) is 0 Å². The summed E-state index contributed by atoms with van der Waals surface area (Å²) in [5.41, 5.74) is 1.56. The summed E-state index contributed by atoms with van der Waals surface area (Å²) in [6, 6.07) is 0.376. The highest BCUT2D eigenvalue weighted by atomic mass is 32.2. The van der Waals surface area contributed by atoms with Crippen LogP contribution in [-0.2, 0) is 12.8 Å². The Morgan fingerprint density at radius 2 is 2.09 bits per heavy atom. The molecule has 0 radical (unpaired) electrons. The van der Waals surface area contributed by atoms with Crippen LogP contribution in [0.15, 0.2) is 9.95 Å². The number of aromatic nitrogens is 2. The van der Waals surface area contributed by atoms with Gasteiger partial charge in [0, 0.05) is 16.7 Å². The highest BCUT2D eigenvalue weighted by molar-refractivity contribution is 7.99. The lowest BCUT2D eigenvalue weighted by Gasteiger charge is -2.18. The third-order valence-corrected chi connectivity index (χ3v) is 7.21. The zero-order valence-electron chi connectivity index (χ0n) is 13.1. The summed E-state index contributed by atoms with van der Waals surface area (Å²) < 4.78 is 2.06. The van der Waals surface area contributed by atoms with Crippen molar-refractivity contribution in [2.24, 2.45) is 0 Å². The molecule has 0 amide bonds. The first kappa shape index (κ1) is 14.8. The monoisotopic (exact) mass is 334 g/mol. The van der Waals surface area contributed by atoms with Gasteiger partial charge in [0.05, 0.1) is 5.39 Å². The second-order valence-corrected chi connectivity index (χ2v) is 8.54. The molecule has 0 spiro atoms. The second kappa shape index (κ2) is 6.00. The van der Waals surface area contributed by atoms with E-state index in [1.807, 2.05) is 0 Å². The van der Waals surface area contributed by atoms with Gasteiger partial charge < -0.3 is 0 Å². The van der Waals surface area contributed by atoms with Crippen LogP contribution in [-0.4, -0.2) is 15.3 Å². The van der Waals surface area contributed by atoms with Crippen LogP contribution in [0, 0.1) is 0 Å². The molecule has 1 saturated carbocycles. The Morgan fingerprint density at radius 3 is 2.86 bits per heavy atom. The van der Waals surface area contributed by atoms with Crippen LogP contribution in [0.2, 0.25) is 0 Å². The summed E-state index contributed by atoms with van der Waals surface area (Å²) in [5.74, 6) is 1.04. The Hall–Kier alpha value is -0.810. The Balaban J connectivity index is 1.92. The van der Waals surface area contributed by atoms with Crippen LogP contribution in [0.5, 0.6) is 0 Å². The first-order chi connectivity index (χ1) is 10.8. The summed E-state index contributed by atoms with van der Waals surface area (Å²) in [6.07, 6.45) is 9.29. The van der Waals surface area contributed by atoms with Gasteiger partial charge in [-0.05, 0) is 44.1 Å². The Kier molecular flexibility index (Phi) is 4.03. The highest BCUT2D eigenvalue weighted by Crippen LogP contribution is 2.37. The Labute approximate surface area is 139 Å². The van der Waals surface area contributed by atoms with E-state index in [2.05, 4.69) is 11.5 Å². The number of rotatable bonds is 4. The van der Waals surface area contributed by atoms with Crippen molar-refractivity contribution < 1.29 is 0 Å². The van der Waals surface area contributed by atoms with Crippen molar-refractivity contribution in [1.29, 1.82) is 0 Å². The van der Waals surface area contributed by atoms with E-state index in [1.165, 1.54) is 29.7 Å². The molecule has 0 N–H and O–H groups in total. The molecule has 0 aliphatic heterocycles. The van der Waals surface area contributed by atoms with Crippen molar-refractivity contribution in [2.75, 3.05) is 5.75 Å². The molecule has 0 aromatic carbocycles. The zero-order valence-corrected chi connectivity index (χ0v) is 14.7. The first-order valence-electron chi connectivity index (χ1n) is 8.49. The molecule has 2 aromatic heterocycles. The minimum absolute atomic E-state index is 0.245. The lowest BCUT2D eigenvalue weighted by atomic mass is 10.2. The number of thiophene rings is 1. The quantitative estimate of drug-likeness (QED) is 0.607. The van der Waals surface area contributed by atoms with Crippen molar-refractivity contribution in [1.82, 2.24) is 9.55 Å². The molecule has 1 fully saturated rings. The van der Waals surface area contributed by atoms with E-state index in [0.717, 1.165) is 53.2 Å². The summed E-state index contributed by atoms with van der Waals surface area (Å²) in [6.45, 7) is 2.18. The molecule has 2 aromatic rings. The molecular formula is C17H22N2OS2. The van der Waals surface area contributed by atoms with Crippen LogP contribution >= 0.6 is 23.1 Å². The van der Waals surface area contributed by atoms with E-state index in [1.54, 1.807) is 23.1 Å². The molecule has 2 heterocycles. The van der Waals surface area contributed by atoms with E-state index >= 15 is 0 Å². The minimum atomic E-state index is 0.245. The van der Waals surface area contributed by atoms with E-state index in [0.29, 0.717) is 6.04 Å². The van der Waals surface area contributed by atoms with Crippen LogP contribution < -0.4 is 5.56 Å². The van der Waals surface area contributed by atoms with E-state index in [-0.39, 0.29) is 5.56 Å². The number of aryl methyl sites for hydroxylation is 2. The smallest absolute Gasteiger partial charge is 0.263 e. The normalized spacial score (nSPS) is 18.4. The number of hydrogen-bond acceptors (Lipinski definition) is 4. The maximum absolute atomic E-state index is 13.2. The molecule has 4 rings (SSSR count). The highest BCUT2D eigenvalue weighted by Gasteiger charge is 2.27. The first-order valence-corrected chi connectivity index (χ1v) is 10.3. The summed E-state index contributed by atoms with van der Waals surface area (Å²) >= 11 is 3.52. The predicted octanol–water partition coefficient (Wildman–Crippen LogP) is 4.56. The lowest BCUT2D eigenvalue weighted by molar-refractivity contribution is 0.458. The zero-order chi connectivity index (χ0) is 15.1. The fraction of sp³-hybridized carbons (Fsp3) is 0.647. The van der Waals surface area contributed by atoms with Crippen LogP contribution in [0.25, 0.3) is 10.2 Å². The molecule has 0 atom stereocenters. The van der Waals surface area contributed by atoms with Gasteiger partial charge in [-0.15, -0.1) is 11.3 Å². The minimum Gasteiger partial charge on any atom is -0.284 e. The maximum atomic E-state index is 13.2. The third kappa shape index (κ3) is 2.33. The molecule has 2 aliphatic rings. The van der Waals surface area contributed by atoms with Gasteiger partial charge in [0.15, 0.2) is 5.16 Å². The van der Waals surface area contributed by atoms with Crippen LogP contribution in [0.4, 0.5) is 0 Å². The van der Waals surface area contributed by atoms with Gasteiger partial charge in [-0.2, -0.15) is 0 Å². The molecule has 2 aliphatic carbocycles. The lowest BCUT2D eigenvalue weighted by Crippen LogP contribution is -2.26. The Bertz CT molecular complexity index is 756. The van der Waals surface area contributed by atoms with Gasteiger partial charge in [0.1, 0.15) is 4.83 Å². The molecule has 5 heteroatoms. The molecule has 22 heavy (non-hydrogen) atoms. The summed E-state index contributed by atoms with van der Waals surface area (Å²) in [7, 11) is 0. The standard InChI is InChI=1S/C17H22N2OS2/c1-2-10-21-17-18-15-14(12-8-5-9-13(12)22-15)16(20)19(17)11-6-3-4-7-11/h11H,2-10H2,1H3. The van der Waals surface area contributed by atoms with Gasteiger partial charge in [-0.1, -0.05) is 31.5 Å². The topological polar surface area (TPSA) is 34.9 Å².